The highest BCUT2D eigenvalue weighted by molar-refractivity contribution is 5.87. The quantitative estimate of drug-likeness (QED) is 0.664. The van der Waals surface area contributed by atoms with Crippen molar-refractivity contribution in [3.63, 3.8) is 0 Å². The molecule has 0 unspecified atom stereocenters. The number of hydrogen-bond donors (Lipinski definition) is 0. The Hall–Kier alpha value is -2.01. The molecule has 0 spiro atoms. The third kappa shape index (κ3) is 1.61. The largest absolute Gasteiger partial charge is 0.314 e. The minimum atomic E-state index is 0.0553. The van der Waals surface area contributed by atoms with Crippen molar-refractivity contribution in [1.82, 2.24) is 4.57 Å². The van der Waals surface area contributed by atoms with Gasteiger partial charge in [0.15, 0.2) is 0 Å². The van der Waals surface area contributed by atoms with Crippen molar-refractivity contribution in [1.29, 1.82) is 0 Å². The van der Waals surface area contributed by atoms with E-state index in [1.54, 1.807) is 11.5 Å². The van der Waals surface area contributed by atoms with Gasteiger partial charge in [-0.3, -0.25) is 4.79 Å². The lowest BCUT2D eigenvalue weighted by Crippen LogP contribution is -2.19. The summed E-state index contributed by atoms with van der Waals surface area (Å²) >= 11 is 0. The van der Waals surface area contributed by atoms with Crippen molar-refractivity contribution < 1.29 is 0 Å². The zero-order valence-electron chi connectivity index (χ0n) is 9.45. The third-order valence-corrected chi connectivity index (χ3v) is 2.59. The predicted octanol–water partition coefficient (Wildman–Crippen LogP) is 2.39. The van der Waals surface area contributed by atoms with Gasteiger partial charge in [0, 0.05) is 29.1 Å². The monoisotopic (exact) mass is 211 g/mol. The molecule has 2 rings (SSSR count). The van der Waals surface area contributed by atoms with Crippen LogP contribution >= 0.6 is 0 Å². The van der Waals surface area contributed by atoms with Crippen LogP contribution in [0.2, 0.25) is 0 Å². The van der Waals surface area contributed by atoms with Crippen LogP contribution in [-0.4, -0.2) is 4.57 Å². The van der Waals surface area contributed by atoms with Gasteiger partial charge < -0.3 is 4.57 Å². The highest BCUT2D eigenvalue weighted by Crippen LogP contribution is 2.14. The number of benzene rings is 1. The first-order chi connectivity index (χ1) is 7.77. The molecule has 0 aliphatic rings. The molecule has 2 heteroatoms. The van der Waals surface area contributed by atoms with Crippen LogP contribution in [0.3, 0.4) is 0 Å². The van der Waals surface area contributed by atoms with Gasteiger partial charge in [0.05, 0.1) is 0 Å². The van der Waals surface area contributed by atoms with E-state index in [-0.39, 0.29) is 5.56 Å². The van der Waals surface area contributed by atoms with Crippen LogP contribution in [0.25, 0.3) is 10.8 Å². The fourth-order valence-corrected chi connectivity index (χ4v) is 1.81. The average Bonchev–Trinajstić information content (AvgIpc) is 2.33. The van der Waals surface area contributed by atoms with Crippen LogP contribution < -0.4 is 5.56 Å². The maximum atomic E-state index is 12.0. The predicted molar refractivity (Wildman–Crippen MR) is 66.4 cm³/mol. The SMILES string of the molecule is CC#Cc1cn(CC)c(=O)c2ccccc12. The second kappa shape index (κ2) is 4.24. The summed E-state index contributed by atoms with van der Waals surface area (Å²) in [6.07, 6.45) is 1.83. The van der Waals surface area contributed by atoms with Crippen molar-refractivity contribution in [3.05, 3.63) is 46.4 Å². The van der Waals surface area contributed by atoms with Gasteiger partial charge in [0.1, 0.15) is 0 Å². The van der Waals surface area contributed by atoms with Gasteiger partial charge in [-0.2, -0.15) is 0 Å². The van der Waals surface area contributed by atoms with Crippen LogP contribution in [0.5, 0.6) is 0 Å². The maximum absolute atomic E-state index is 12.0. The van der Waals surface area contributed by atoms with Crippen molar-refractivity contribution in [2.24, 2.45) is 0 Å². The number of aromatic nitrogens is 1. The first-order valence-corrected chi connectivity index (χ1v) is 5.33. The first kappa shape index (κ1) is 10.5. The fraction of sp³-hybridized carbons (Fsp3) is 0.214. The molecule has 0 radical (unpaired) electrons. The number of aryl methyl sites for hydroxylation is 1. The summed E-state index contributed by atoms with van der Waals surface area (Å²) in [5.41, 5.74) is 0.972. The van der Waals surface area contributed by atoms with Gasteiger partial charge in [0.2, 0.25) is 0 Å². The topological polar surface area (TPSA) is 22.0 Å². The summed E-state index contributed by atoms with van der Waals surface area (Å²) in [4.78, 5) is 12.0. The minimum Gasteiger partial charge on any atom is -0.314 e. The molecule has 1 aromatic carbocycles. The molecule has 0 aliphatic heterocycles. The Morgan fingerprint density at radius 1 is 1.25 bits per heavy atom. The molecule has 0 fully saturated rings. The Kier molecular flexibility index (Phi) is 2.78. The van der Waals surface area contributed by atoms with Crippen LogP contribution in [0.15, 0.2) is 35.3 Å². The van der Waals surface area contributed by atoms with E-state index in [9.17, 15) is 4.79 Å². The minimum absolute atomic E-state index is 0.0553. The van der Waals surface area contributed by atoms with Crippen molar-refractivity contribution in [3.8, 4) is 11.8 Å². The van der Waals surface area contributed by atoms with Crippen molar-refractivity contribution in [2.45, 2.75) is 20.4 Å². The molecule has 80 valence electrons. The zero-order chi connectivity index (χ0) is 11.5. The lowest BCUT2D eigenvalue weighted by molar-refractivity contribution is 0.733. The van der Waals surface area contributed by atoms with Gasteiger partial charge in [-0.15, -0.1) is 5.92 Å². The smallest absolute Gasteiger partial charge is 0.258 e. The number of hydrogen-bond acceptors (Lipinski definition) is 1. The van der Waals surface area contributed by atoms with Crippen LogP contribution in [-0.2, 0) is 6.54 Å². The molecule has 1 heterocycles. The number of rotatable bonds is 1. The molecule has 1 aromatic heterocycles. The summed E-state index contributed by atoms with van der Waals surface area (Å²) in [6.45, 7) is 4.43. The van der Waals surface area contributed by atoms with E-state index in [4.69, 9.17) is 0 Å². The molecule has 0 N–H and O–H groups in total. The fourth-order valence-electron chi connectivity index (χ4n) is 1.81. The Morgan fingerprint density at radius 2 is 1.94 bits per heavy atom. The summed E-state index contributed by atoms with van der Waals surface area (Å²) in [5.74, 6) is 5.92. The summed E-state index contributed by atoms with van der Waals surface area (Å²) in [5, 5.41) is 1.68. The molecule has 2 nitrogen and oxygen atoms in total. The van der Waals surface area contributed by atoms with Crippen molar-refractivity contribution >= 4 is 10.8 Å². The Bertz CT molecular complexity index is 641. The van der Waals surface area contributed by atoms with E-state index >= 15 is 0 Å². The molecule has 0 amide bonds. The average molecular weight is 211 g/mol. The summed E-state index contributed by atoms with van der Waals surface area (Å²) in [7, 11) is 0. The summed E-state index contributed by atoms with van der Waals surface area (Å²) < 4.78 is 1.70. The Morgan fingerprint density at radius 3 is 2.56 bits per heavy atom. The Balaban J connectivity index is 2.94. The molecule has 2 aromatic rings. The lowest BCUT2D eigenvalue weighted by atomic mass is 10.1. The maximum Gasteiger partial charge on any atom is 0.258 e. The van der Waals surface area contributed by atoms with Crippen LogP contribution in [0.4, 0.5) is 0 Å². The van der Waals surface area contributed by atoms with E-state index in [0.717, 1.165) is 16.3 Å². The lowest BCUT2D eigenvalue weighted by Gasteiger charge is -2.06. The second-order valence-electron chi connectivity index (χ2n) is 3.55. The van der Waals surface area contributed by atoms with E-state index in [2.05, 4.69) is 11.8 Å². The van der Waals surface area contributed by atoms with Gasteiger partial charge in [0.25, 0.3) is 5.56 Å². The molecular formula is C14H13NO. The molecular weight excluding hydrogens is 198 g/mol. The highest BCUT2D eigenvalue weighted by Gasteiger charge is 2.05. The number of fused-ring (bicyclic) bond motifs is 1. The first-order valence-electron chi connectivity index (χ1n) is 5.33. The van der Waals surface area contributed by atoms with Crippen LogP contribution in [0.1, 0.15) is 19.4 Å². The normalized spacial score (nSPS) is 9.88. The van der Waals surface area contributed by atoms with Gasteiger partial charge in [-0.25, -0.2) is 0 Å². The van der Waals surface area contributed by atoms with E-state index < -0.39 is 0 Å². The second-order valence-corrected chi connectivity index (χ2v) is 3.55. The van der Waals surface area contributed by atoms with E-state index in [0.29, 0.717) is 6.54 Å². The zero-order valence-corrected chi connectivity index (χ0v) is 9.45. The van der Waals surface area contributed by atoms with Crippen LogP contribution in [0, 0.1) is 11.8 Å². The van der Waals surface area contributed by atoms with E-state index in [1.165, 1.54) is 0 Å². The molecule has 0 aliphatic carbocycles. The van der Waals surface area contributed by atoms with Crippen molar-refractivity contribution in [2.75, 3.05) is 0 Å². The van der Waals surface area contributed by atoms with Gasteiger partial charge in [-0.05, 0) is 19.9 Å². The molecule has 0 atom stereocenters. The standard InChI is InChI=1S/C14H13NO/c1-3-7-11-10-15(4-2)14(16)13-9-6-5-8-12(11)13/h5-6,8-10H,4H2,1-2H3. The highest BCUT2D eigenvalue weighted by atomic mass is 16.1. The molecule has 0 saturated carbocycles. The molecule has 16 heavy (non-hydrogen) atoms. The number of pyridine rings is 1. The van der Waals surface area contributed by atoms with Gasteiger partial charge in [-0.1, -0.05) is 24.1 Å². The number of nitrogens with zero attached hydrogens (tertiary/aromatic N) is 1. The molecule has 0 bridgehead atoms. The van der Waals surface area contributed by atoms with Gasteiger partial charge >= 0.3 is 0 Å². The molecule has 0 saturated heterocycles. The third-order valence-electron chi connectivity index (χ3n) is 2.59. The van der Waals surface area contributed by atoms with E-state index in [1.807, 2.05) is 37.4 Å². The Labute approximate surface area is 94.5 Å². The summed E-state index contributed by atoms with van der Waals surface area (Å²) in [6, 6.07) is 7.60.